The van der Waals surface area contributed by atoms with Gasteiger partial charge in [0.15, 0.2) is 5.82 Å². The molecule has 0 aromatic carbocycles. The maximum atomic E-state index is 5.63. The maximum absolute atomic E-state index is 5.63. The lowest BCUT2D eigenvalue weighted by molar-refractivity contribution is 0.104. The second-order valence-corrected chi connectivity index (χ2v) is 4.79. The number of methoxy groups -OCH3 is 1. The van der Waals surface area contributed by atoms with Gasteiger partial charge in [0.1, 0.15) is 11.9 Å². The summed E-state index contributed by atoms with van der Waals surface area (Å²) in [6.45, 7) is 3.92. The van der Waals surface area contributed by atoms with Crippen molar-refractivity contribution < 1.29 is 9.47 Å². The summed E-state index contributed by atoms with van der Waals surface area (Å²) >= 11 is 0. The third-order valence-electron chi connectivity index (χ3n) is 3.23. The van der Waals surface area contributed by atoms with Crippen molar-refractivity contribution >= 4 is 5.82 Å². The first-order valence-corrected chi connectivity index (χ1v) is 7.12. The minimum atomic E-state index is 0.0197. The van der Waals surface area contributed by atoms with Crippen LogP contribution in [0.15, 0.2) is 6.07 Å². The highest BCUT2D eigenvalue weighted by atomic mass is 16.5. The molecule has 2 rings (SSSR count). The SMILES string of the molecule is CCCCCNc1cc(OC)nc(C2CCCO2)n1. The number of anilines is 1. The number of ether oxygens (including phenoxy) is 2. The average Bonchev–Trinajstić information content (AvgIpc) is 2.97. The summed E-state index contributed by atoms with van der Waals surface area (Å²) in [6.07, 6.45) is 5.68. The number of nitrogens with one attached hydrogen (secondary N) is 1. The van der Waals surface area contributed by atoms with Gasteiger partial charge in [-0.2, -0.15) is 4.98 Å². The number of rotatable bonds is 7. The Kier molecular flexibility index (Phi) is 5.39. The van der Waals surface area contributed by atoms with Gasteiger partial charge in [0.25, 0.3) is 0 Å². The van der Waals surface area contributed by atoms with Crippen LogP contribution in [0, 0.1) is 0 Å². The van der Waals surface area contributed by atoms with E-state index < -0.39 is 0 Å². The van der Waals surface area contributed by atoms with Gasteiger partial charge in [-0.3, -0.25) is 0 Å². The van der Waals surface area contributed by atoms with E-state index in [0.29, 0.717) is 5.88 Å². The van der Waals surface area contributed by atoms with Crippen LogP contribution in [-0.4, -0.2) is 30.2 Å². The Labute approximate surface area is 114 Å². The van der Waals surface area contributed by atoms with Gasteiger partial charge >= 0.3 is 0 Å². The fraction of sp³-hybridized carbons (Fsp3) is 0.714. The fourth-order valence-corrected chi connectivity index (χ4v) is 2.15. The normalized spacial score (nSPS) is 18.5. The van der Waals surface area contributed by atoms with Gasteiger partial charge in [-0.25, -0.2) is 4.98 Å². The maximum Gasteiger partial charge on any atom is 0.218 e. The molecule has 1 fully saturated rings. The zero-order chi connectivity index (χ0) is 13.5. The van der Waals surface area contributed by atoms with Crippen molar-refractivity contribution in [2.75, 3.05) is 25.6 Å². The van der Waals surface area contributed by atoms with Crippen LogP contribution >= 0.6 is 0 Å². The quantitative estimate of drug-likeness (QED) is 0.768. The highest BCUT2D eigenvalue weighted by molar-refractivity contribution is 5.38. The lowest BCUT2D eigenvalue weighted by Crippen LogP contribution is -2.09. The summed E-state index contributed by atoms with van der Waals surface area (Å²) in [5, 5.41) is 3.33. The monoisotopic (exact) mass is 265 g/mol. The summed E-state index contributed by atoms with van der Waals surface area (Å²) in [5.74, 6) is 2.15. The summed E-state index contributed by atoms with van der Waals surface area (Å²) in [5.41, 5.74) is 0. The Bertz CT molecular complexity index is 392. The highest BCUT2D eigenvalue weighted by Crippen LogP contribution is 2.28. The van der Waals surface area contributed by atoms with Gasteiger partial charge in [-0.1, -0.05) is 19.8 Å². The van der Waals surface area contributed by atoms with Crippen LogP contribution in [-0.2, 0) is 4.74 Å². The number of nitrogens with zero attached hydrogens (tertiary/aromatic N) is 2. The molecular weight excluding hydrogens is 242 g/mol. The van der Waals surface area contributed by atoms with Gasteiger partial charge in [0, 0.05) is 19.2 Å². The summed E-state index contributed by atoms with van der Waals surface area (Å²) in [7, 11) is 1.63. The second kappa shape index (κ2) is 7.28. The van der Waals surface area contributed by atoms with Gasteiger partial charge in [0.05, 0.1) is 7.11 Å². The highest BCUT2D eigenvalue weighted by Gasteiger charge is 2.21. The Balaban J connectivity index is 2.02. The lowest BCUT2D eigenvalue weighted by Gasteiger charge is -2.12. The molecule has 2 heterocycles. The van der Waals surface area contributed by atoms with E-state index in [9.17, 15) is 0 Å². The Morgan fingerprint density at radius 2 is 2.32 bits per heavy atom. The average molecular weight is 265 g/mol. The minimum absolute atomic E-state index is 0.0197. The van der Waals surface area contributed by atoms with E-state index >= 15 is 0 Å². The van der Waals surface area contributed by atoms with Crippen LogP contribution in [0.1, 0.15) is 51.0 Å². The first-order valence-electron chi connectivity index (χ1n) is 7.12. The number of aromatic nitrogens is 2. The molecule has 1 aromatic heterocycles. The smallest absolute Gasteiger partial charge is 0.218 e. The van der Waals surface area contributed by atoms with E-state index in [1.165, 1.54) is 12.8 Å². The van der Waals surface area contributed by atoms with Crippen LogP contribution in [0.5, 0.6) is 5.88 Å². The first-order chi connectivity index (χ1) is 9.33. The van der Waals surface area contributed by atoms with Crippen molar-refractivity contribution in [2.24, 2.45) is 0 Å². The molecular formula is C14H23N3O2. The standard InChI is InChI=1S/C14H23N3O2/c1-3-4-5-8-15-12-10-13(18-2)17-14(16-12)11-7-6-9-19-11/h10-11H,3-9H2,1-2H3,(H,15,16,17). The van der Waals surface area contributed by atoms with Crippen molar-refractivity contribution in [2.45, 2.75) is 45.1 Å². The molecule has 0 radical (unpaired) electrons. The molecule has 1 atom stereocenters. The molecule has 19 heavy (non-hydrogen) atoms. The van der Waals surface area contributed by atoms with E-state index in [0.717, 1.165) is 44.1 Å². The molecule has 5 heteroatoms. The number of unbranched alkanes of at least 4 members (excludes halogenated alkanes) is 2. The summed E-state index contributed by atoms with van der Waals surface area (Å²) in [4.78, 5) is 8.91. The second-order valence-electron chi connectivity index (χ2n) is 4.79. The molecule has 0 saturated carbocycles. The van der Waals surface area contributed by atoms with Gasteiger partial charge < -0.3 is 14.8 Å². The molecule has 0 spiro atoms. The molecule has 1 unspecified atom stereocenters. The van der Waals surface area contributed by atoms with Crippen LogP contribution in [0.2, 0.25) is 0 Å². The van der Waals surface area contributed by atoms with E-state index in [2.05, 4.69) is 22.2 Å². The topological polar surface area (TPSA) is 56.3 Å². The molecule has 1 N–H and O–H groups in total. The molecule has 1 aromatic rings. The fourth-order valence-electron chi connectivity index (χ4n) is 2.15. The van der Waals surface area contributed by atoms with Crippen LogP contribution in [0.4, 0.5) is 5.82 Å². The lowest BCUT2D eigenvalue weighted by atomic mass is 10.2. The third-order valence-corrected chi connectivity index (χ3v) is 3.23. The molecule has 106 valence electrons. The van der Waals surface area contributed by atoms with Crippen molar-refractivity contribution in [1.82, 2.24) is 9.97 Å². The van der Waals surface area contributed by atoms with Crippen LogP contribution in [0.3, 0.4) is 0 Å². The van der Waals surface area contributed by atoms with E-state index in [1.807, 2.05) is 6.07 Å². The minimum Gasteiger partial charge on any atom is -0.481 e. The predicted octanol–water partition coefficient (Wildman–Crippen LogP) is 2.94. The van der Waals surface area contributed by atoms with Crippen molar-refractivity contribution in [1.29, 1.82) is 0 Å². The van der Waals surface area contributed by atoms with Crippen LogP contribution in [0.25, 0.3) is 0 Å². The molecule has 1 saturated heterocycles. The first kappa shape index (κ1) is 14.1. The van der Waals surface area contributed by atoms with Crippen molar-refractivity contribution in [3.63, 3.8) is 0 Å². The third kappa shape index (κ3) is 4.06. The number of hydrogen-bond acceptors (Lipinski definition) is 5. The van der Waals surface area contributed by atoms with Crippen LogP contribution < -0.4 is 10.1 Å². The largest absolute Gasteiger partial charge is 0.481 e. The van der Waals surface area contributed by atoms with E-state index in [-0.39, 0.29) is 6.10 Å². The van der Waals surface area contributed by atoms with E-state index in [1.54, 1.807) is 7.11 Å². The Morgan fingerprint density at radius 1 is 1.42 bits per heavy atom. The van der Waals surface area contributed by atoms with Crippen molar-refractivity contribution in [3.05, 3.63) is 11.9 Å². The molecule has 0 bridgehead atoms. The van der Waals surface area contributed by atoms with E-state index in [4.69, 9.17) is 9.47 Å². The molecule has 0 aliphatic carbocycles. The van der Waals surface area contributed by atoms with Gasteiger partial charge in [-0.15, -0.1) is 0 Å². The summed E-state index contributed by atoms with van der Waals surface area (Å²) in [6, 6.07) is 1.84. The zero-order valence-electron chi connectivity index (χ0n) is 11.8. The predicted molar refractivity (Wildman–Crippen MR) is 74.5 cm³/mol. The molecule has 5 nitrogen and oxygen atoms in total. The Morgan fingerprint density at radius 3 is 3.00 bits per heavy atom. The van der Waals surface area contributed by atoms with Gasteiger partial charge in [0.2, 0.25) is 5.88 Å². The zero-order valence-corrected chi connectivity index (χ0v) is 11.8. The molecule has 0 amide bonds. The number of hydrogen-bond donors (Lipinski definition) is 1. The molecule has 1 aliphatic rings. The molecule has 1 aliphatic heterocycles. The Hall–Kier alpha value is -1.36. The van der Waals surface area contributed by atoms with Crippen molar-refractivity contribution in [3.8, 4) is 5.88 Å². The summed E-state index contributed by atoms with van der Waals surface area (Å²) < 4.78 is 10.9. The van der Waals surface area contributed by atoms with Gasteiger partial charge in [-0.05, 0) is 19.3 Å².